The molecule has 0 saturated heterocycles. The first-order valence-electron chi connectivity index (χ1n) is 8.61. The van der Waals surface area contributed by atoms with Crippen LogP contribution in [0, 0.1) is 5.92 Å². The zero-order chi connectivity index (χ0) is 17.5. The van der Waals surface area contributed by atoms with Crippen LogP contribution in [-0.2, 0) is 0 Å². The average molecular weight is 324 g/mol. The molecule has 0 saturated carbocycles. The Labute approximate surface area is 146 Å². The topological polar surface area (TPSA) is 18.5 Å². The van der Waals surface area contributed by atoms with Crippen molar-refractivity contribution < 1.29 is 9.47 Å². The Morgan fingerprint density at radius 2 is 1.33 bits per heavy atom. The highest BCUT2D eigenvalue weighted by Gasteiger charge is 2.23. The second kappa shape index (κ2) is 8.58. The van der Waals surface area contributed by atoms with E-state index < -0.39 is 0 Å². The first kappa shape index (κ1) is 18.1. The molecule has 2 heteroatoms. The highest BCUT2D eigenvalue weighted by atomic mass is 16.5. The molecule has 0 aliphatic rings. The number of ether oxygens (including phenoxy) is 2. The van der Waals surface area contributed by atoms with Crippen LogP contribution in [0.2, 0.25) is 0 Å². The van der Waals surface area contributed by atoms with Gasteiger partial charge < -0.3 is 9.47 Å². The van der Waals surface area contributed by atoms with Crippen molar-refractivity contribution in [2.24, 2.45) is 5.92 Å². The standard InChI is InChI=1S/C22H28O2/c1-6-21(16(3)17-8-12-19(23-4)13-9-17)22(7-2)18-10-14-20(24-5)15-11-18/h8-15,21-22H,3,6-7H2,1-2,4-5H3/t21-,22-/m1/s1. The lowest BCUT2D eigenvalue weighted by molar-refractivity contribution is 0.414. The highest BCUT2D eigenvalue weighted by Crippen LogP contribution is 2.39. The summed E-state index contributed by atoms with van der Waals surface area (Å²) in [6.45, 7) is 8.90. The zero-order valence-electron chi connectivity index (χ0n) is 15.2. The van der Waals surface area contributed by atoms with E-state index in [1.165, 1.54) is 16.7 Å². The van der Waals surface area contributed by atoms with E-state index in [1.54, 1.807) is 14.2 Å². The molecular weight excluding hydrogens is 296 g/mol. The second-order valence-corrected chi connectivity index (χ2v) is 6.06. The van der Waals surface area contributed by atoms with E-state index >= 15 is 0 Å². The molecule has 0 bridgehead atoms. The van der Waals surface area contributed by atoms with Crippen LogP contribution < -0.4 is 9.47 Å². The lowest BCUT2D eigenvalue weighted by Gasteiger charge is -2.28. The van der Waals surface area contributed by atoms with Crippen molar-refractivity contribution >= 4 is 5.57 Å². The van der Waals surface area contributed by atoms with Crippen LogP contribution in [0.15, 0.2) is 55.1 Å². The van der Waals surface area contributed by atoms with Crippen molar-refractivity contribution in [1.82, 2.24) is 0 Å². The molecule has 0 heterocycles. The Kier molecular flexibility index (Phi) is 6.48. The Hall–Kier alpha value is -2.22. The Bertz CT molecular complexity index is 641. The Balaban J connectivity index is 2.26. The fourth-order valence-corrected chi connectivity index (χ4v) is 3.40. The van der Waals surface area contributed by atoms with Gasteiger partial charge in [-0.1, -0.05) is 44.7 Å². The van der Waals surface area contributed by atoms with Crippen LogP contribution in [-0.4, -0.2) is 14.2 Å². The summed E-state index contributed by atoms with van der Waals surface area (Å²) >= 11 is 0. The molecule has 0 spiro atoms. The van der Waals surface area contributed by atoms with Gasteiger partial charge in [-0.2, -0.15) is 0 Å². The minimum Gasteiger partial charge on any atom is -0.497 e. The van der Waals surface area contributed by atoms with Crippen LogP contribution in [0.3, 0.4) is 0 Å². The normalized spacial score (nSPS) is 13.2. The maximum absolute atomic E-state index is 5.28. The van der Waals surface area contributed by atoms with Crippen molar-refractivity contribution in [2.75, 3.05) is 14.2 Å². The van der Waals surface area contributed by atoms with Gasteiger partial charge in [0.2, 0.25) is 0 Å². The summed E-state index contributed by atoms with van der Waals surface area (Å²) in [5.41, 5.74) is 3.73. The molecule has 0 aliphatic heterocycles. The maximum Gasteiger partial charge on any atom is 0.118 e. The number of hydrogen-bond donors (Lipinski definition) is 0. The monoisotopic (exact) mass is 324 g/mol. The molecule has 2 nitrogen and oxygen atoms in total. The SMILES string of the molecule is C=C(c1ccc(OC)cc1)[C@@H](CC)[C@H](CC)c1ccc(OC)cc1. The fraction of sp³-hybridized carbons (Fsp3) is 0.364. The van der Waals surface area contributed by atoms with Gasteiger partial charge in [-0.15, -0.1) is 0 Å². The van der Waals surface area contributed by atoms with Crippen LogP contribution in [0.1, 0.15) is 43.7 Å². The number of rotatable bonds is 8. The first-order valence-corrected chi connectivity index (χ1v) is 8.61. The molecule has 128 valence electrons. The summed E-state index contributed by atoms with van der Waals surface area (Å²) in [6, 6.07) is 16.6. The maximum atomic E-state index is 5.28. The van der Waals surface area contributed by atoms with Crippen LogP contribution in [0.5, 0.6) is 11.5 Å². The van der Waals surface area contributed by atoms with Gasteiger partial charge in [-0.05, 0) is 65.6 Å². The number of hydrogen-bond acceptors (Lipinski definition) is 2. The van der Waals surface area contributed by atoms with Crippen molar-refractivity contribution in [3.63, 3.8) is 0 Å². The van der Waals surface area contributed by atoms with Gasteiger partial charge >= 0.3 is 0 Å². The van der Waals surface area contributed by atoms with E-state index in [4.69, 9.17) is 9.47 Å². The molecule has 2 aromatic carbocycles. The van der Waals surface area contributed by atoms with Crippen LogP contribution in [0.4, 0.5) is 0 Å². The van der Waals surface area contributed by atoms with Gasteiger partial charge in [0.05, 0.1) is 14.2 Å². The lowest BCUT2D eigenvalue weighted by Crippen LogP contribution is -2.13. The third-order valence-corrected chi connectivity index (χ3v) is 4.82. The van der Waals surface area contributed by atoms with E-state index in [0.717, 1.165) is 24.3 Å². The molecule has 0 amide bonds. The Morgan fingerprint density at radius 3 is 1.75 bits per heavy atom. The summed E-state index contributed by atoms with van der Waals surface area (Å²) in [5.74, 6) is 2.64. The van der Waals surface area contributed by atoms with E-state index in [0.29, 0.717) is 11.8 Å². The smallest absolute Gasteiger partial charge is 0.118 e. The quantitative estimate of drug-likeness (QED) is 0.598. The van der Waals surface area contributed by atoms with Gasteiger partial charge in [-0.25, -0.2) is 0 Å². The summed E-state index contributed by atoms with van der Waals surface area (Å²) in [4.78, 5) is 0. The number of methoxy groups -OCH3 is 2. The summed E-state index contributed by atoms with van der Waals surface area (Å²) in [6.07, 6.45) is 2.15. The van der Waals surface area contributed by atoms with Crippen molar-refractivity contribution in [1.29, 1.82) is 0 Å². The van der Waals surface area contributed by atoms with E-state index in [9.17, 15) is 0 Å². The number of benzene rings is 2. The van der Waals surface area contributed by atoms with Crippen molar-refractivity contribution in [3.05, 3.63) is 66.2 Å². The van der Waals surface area contributed by atoms with Gasteiger partial charge in [0.25, 0.3) is 0 Å². The van der Waals surface area contributed by atoms with Gasteiger partial charge in [0, 0.05) is 0 Å². The van der Waals surface area contributed by atoms with Crippen molar-refractivity contribution in [3.8, 4) is 11.5 Å². The zero-order valence-corrected chi connectivity index (χ0v) is 15.2. The molecule has 0 aliphatic carbocycles. The largest absolute Gasteiger partial charge is 0.497 e. The average Bonchev–Trinajstić information content (AvgIpc) is 2.65. The predicted molar refractivity (Wildman–Crippen MR) is 102 cm³/mol. The van der Waals surface area contributed by atoms with Crippen molar-refractivity contribution in [2.45, 2.75) is 32.6 Å². The molecule has 0 radical (unpaired) electrons. The molecule has 2 rings (SSSR count). The van der Waals surface area contributed by atoms with Gasteiger partial charge in [0.1, 0.15) is 11.5 Å². The van der Waals surface area contributed by atoms with E-state index in [1.807, 2.05) is 24.3 Å². The fourth-order valence-electron chi connectivity index (χ4n) is 3.40. The summed E-state index contributed by atoms with van der Waals surface area (Å²) < 4.78 is 10.5. The minimum absolute atomic E-state index is 0.414. The van der Waals surface area contributed by atoms with E-state index in [-0.39, 0.29) is 0 Å². The predicted octanol–water partition coefficient (Wildman–Crippen LogP) is 5.94. The second-order valence-electron chi connectivity index (χ2n) is 6.06. The molecule has 2 aromatic rings. The molecule has 0 aromatic heterocycles. The highest BCUT2D eigenvalue weighted by molar-refractivity contribution is 5.66. The van der Waals surface area contributed by atoms with Crippen LogP contribution >= 0.6 is 0 Å². The first-order chi connectivity index (χ1) is 11.6. The molecule has 2 atom stereocenters. The minimum atomic E-state index is 0.414. The molecule has 0 N–H and O–H groups in total. The number of allylic oxidation sites excluding steroid dienone is 1. The molecule has 0 unspecified atom stereocenters. The van der Waals surface area contributed by atoms with E-state index in [2.05, 4.69) is 44.7 Å². The molecular formula is C22H28O2. The molecule has 0 fully saturated rings. The Morgan fingerprint density at radius 1 is 0.833 bits per heavy atom. The summed E-state index contributed by atoms with van der Waals surface area (Å²) in [7, 11) is 3.39. The third kappa shape index (κ3) is 4.00. The third-order valence-electron chi connectivity index (χ3n) is 4.82. The van der Waals surface area contributed by atoms with Crippen LogP contribution in [0.25, 0.3) is 5.57 Å². The lowest BCUT2D eigenvalue weighted by atomic mass is 9.76. The van der Waals surface area contributed by atoms with Gasteiger partial charge in [-0.3, -0.25) is 0 Å². The molecule has 24 heavy (non-hydrogen) atoms. The summed E-state index contributed by atoms with van der Waals surface area (Å²) in [5, 5.41) is 0. The van der Waals surface area contributed by atoms with Gasteiger partial charge in [0.15, 0.2) is 0 Å².